The molecule has 0 heterocycles. The van der Waals surface area contributed by atoms with Crippen LogP contribution in [0.25, 0.3) is 0 Å². The Kier molecular flexibility index (Phi) is 1.49. The molecule has 14 heavy (non-hydrogen) atoms. The van der Waals surface area contributed by atoms with Crippen LogP contribution in [-0.4, -0.2) is 5.91 Å². The van der Waals surface area contributed by atoms with Crippen molar-refractivity contribution in [3.05, 3.63) is 30.3 Å². The van der Waals surface area contributed by atoms with Crippen molar-refractivity contribution in [3.63, 3.8) is 0 Å². The molecule has 0 aromatic heterocycles. The Bertz CT molecular complexity index is 354. The number of hydrogen-bond acceptors (Lipinski definition) is 1. The van der Waals surface area contributed by atoms with Crippen molar-refractivity contribution in [1.29, 1.82) is 0 Å². The summed E-state index contributed by atoms with van der Waals surface area (Å²) >= 11 is 0. The third-order valence-corrected chi connectivity index (χ3v) is 3.55. The average Bonchev–Trinajstić information content (AvgIpc) is 1.99. The van der Waals surface area contributed by atoms with E-state index in [2.05, 4.69) is 5.32 Å². The smallest absolute Gasteiger partial charge is 0.230 e. The zero-order chi connectivity index (χ0) is 9.60. The molecule has 3 aliphatic rings. The van der Waals surface area contributed by atoms with E-state index in [0.717, 1.165) is 30.9 Å². The van der Waals surface area contributed by atoms with Gasteiger partial charge in [0.05, 0.1) is 5.41 Å². The van der Waals surface area contributed by atoms with Gasteiger partial charge in [-0.1, -0.05) is 18.2 Å². The Morgan fingerprint density at radius 3 is 2.36 bits per heavy atom. The van der Waals surface area contributed by atoms with Crippen LogP contribution >= 0.6 is 0 Å². The maximum Gasteiger partial charge on any atom is 0.230 e. The highest BCUT2D eigenvalue weighted by Crippen LogP contribution is 2.64. The minimum Gasteiger partial charge on any atom is -0.326 e. The number of benzene rings is 1. The Balaban J connectivity index is 1.70. The summed E-state index contributed by atoms with van der Waals surface area (Å²) < 4.78 is 0. The molecule has 0 atom stereocenters. The SMILES string of the molecule is O=C(Nc1ccccc1)C12CC(C1)C2. The van der Waals surface area contributed by atoms with Gasteiger partial charge in [-0.15, -0.1) is 0 Å². The van der Waals surface area contributed by atoms with E-state index in [4.69, 9.17) is 0 Å². The van der Waals surface area contributed by atoms with E-state index in [1.165, 1.54) is 0 Å². The second-order valence-corrected chi connectivity index (χ2v) is 4.58. The molecule has 3 saturated carbocycles. The molecule has 4 rings (SSSR count). The first kappa shape index (κ1) is 8.04. The lowest BCUT2D eigenvalue weighted by Crippen LogP contribution is -2.58. The maximum absolute atomic E-state index is 11.8. The number of amides is 1. The number of hydrogen-bond donors (Lipinski definition) is 1. The molecule has 0 radical (unpaired) electrons. The molecule has 0 spiro atoms. The van der Waals surface area contributed by atoms with Gasteiger partial charge in [0.1, 0.15) is 0 Å². The predicted octanol–water partition coefficient (Wildman–Crippen LogP) is 2.43. The summed E-state index contributed by atoms with van der Waals surface area (Å²) in [6.07, 6.45) is 3.35. The maximum atomic E-state index is 11.8. The highest BCUT2D eigenvalue weighted by atomic mass is 16.2. The van der Waals surface area contributed by atoms with Crippen LogP contribution in [0.3, 0.4) is 0 Å². The summed E-state index contributed by atoms with van der Waals surface area (Å²) in [5.74, 6) is 1.09. The third kappa shape index (κ3) is 0.999. The lowest BCUT2D eigenvalue weighted by molar-refractivity contribution is -0.158. The standard InChI is InChI=1S/C12H13NO/c14-11(12-6-9(7-12)8-12)13-10-4-2-1-3-5-10/h1-5,9H,6-8H2,(H,13,14). The second-order valence-electron chi connectivity index (χ2n) is 4.58. The number of carbonyl (C=O) groups is 1. The van der Waals surface area contributed by atoms with Crippen molar-refractivity contribution in [2.45, 2.75) is 19.3 Å². The minimum absolute atomic E-state index is 0.0283. The fourth-order valence-electron chi connectivity index (χ4n) is 2.54. The van der Waals surface area contributed by atoms with Crippen molar-refractivity contribution in [2.75, 3.05) is 5.32 Å². The first-order chi connectivity index (χ1) is 6.78. The van der Waals surface area contributed by atoms with Gasteiger partial charge in [0.2, 0.25) is 5.91 Å². The number of para-hydroxylation sites is 1. The Labute approximate surface area is 83.3 Å². The third-order valence-electron chi connectivity index (χ3n) is 3.55. The van der Waals surface area contributed by atoms with Gasteiger partial charge < -0.3 is 5.32 Å². The Morgan fingerprint density at radius 2 is 1.86 bits per heavy atom. The van der Waals surface area contributed by atoms with Crippen LogP contribution in [-0.2, 0) is 4.79 Å². The van der Waals surface area contributed by atoms with Gasteiger partial charge in [-0.3, -0.25) is 4.79 Å². The average molecular weight is 187 g/mol. The van der Waals surface area contributed by atoms with Gasteiger partial charge >= 0.3 is 0 Å². The monoisotopic (exact) mass is 187 g/mol. The summed E-state index contributed by atoms with van der Waals surface area (Å²) in [6.45, 7) is 0. The molecule has 1 amide bonds. The molecule has 3 fully saturated rings. The lowest BCUT2D eigenvalue weighted by atomic mass is 9.44. The topological polar surface area (TPSA) is 29.1 Å². The fourth-order valence-corrected chi connectivity index (χ4v) is 2.54. The minimum atomic E-state index is 0.0283. The molecule has 0 aliphatic heterocycles. The van der Waals surface area contributed by atoms with E-state index < -0.39 is 0 Å². The molecule has 1 aromatic carbocycles. The van der Waals surface area contributed by atoms with Crippen molar-refractivity contribution < 1.29 is 4.79 Å². The van der Waals surface area contributed by atoms with Crippen molar-refractivity contribution >= 4 is 11.6 Å². The summed E-state index contributed by atoms with van der Waals surface area (Å²) in [4.78, 5) is 11.8. The first-order valence-electron chi connectivity index (χ1n) is 5.15. The van der Waals surface area contributed by atoms with Crippen LogP contribution in [0, 0.1) is 11.3 Å². The number of anilines is 1. The largest absolute Gasteiger partial charge is 0.326 e. The van der Waals surface area contributed by atoms with Crippen molar-refractivity contribution in [2.24, 2.45) is 11.3 Å². The molecule has 1 aromatic rings. The number of rotatable bonds is 2. The van der Waals surface area contributed by atoms with Crippen LogP contribution < -0.4 is 5.32 Å². The van der Waals surface area contributed by atoms with Crippen LogP contribution in [0.1, 0.15) is 19.3 Å². The zero-order valence-corrected chi connectivity index (χ0v) is 7.99. The lowest BCUT2D eigenvalue weighted by Gasteiger charge is -2.60. The van der Waals surface area contributed by atoms with Gasteiger partial charge in [0.25, 0.3) is 0 Å². The van der Waals surface area contributed by atoms with Gasteiger partial charge in [0, 0.05) is 5.69 Å². The summed E-state index contributed by atoms with van der Waals surface area (Å²) in [5.41, 5.74) is 0.947. The normalized spacial score (nSPS) is 32.7. The highest BCUT2D eigenvalue weighted by molar-refractivity contribution is 5.97. The van der Waals surface area contributed by atoms with Crippen LogP contribution in [0.4, 0.5) is 5.69 Å². The van der Waals surface area contributed by atoms with E-state index in [1.807, 2.05) is 30.3 Å². The molecular weight excluding hydrogens is 174 g/mol. The van der Waals surface area contributed by atoms with Gasteiger partial charge in [-0.2, -0.15) is 0 Å². The van der Waals surface area contributed by atoms with Crippen LogP contribution in [0.15, 0.2) is 30.3 Å². The molecule has 0 unspecified atom stereocenters. The van der Waals surface area contributed by atoms with Gasteiger partial charge in [-0.25, -0.2) is 0 Å². The molecule has 0 saturated heterocycles. The number of nitrogens with one attached hydrogen (secondary N) is 1. The van der Waals surface area contributed by atoms with E-state index in [-0.39, 0.29) is 11.3 Å². The Morgan fingerprint density at radius 1 is 1.21 bits per heavy atom. The second kappa shape index (κ2) is 2.59. The van der Waals surface area contributed by atoms with E-state index in [0.29, 0.717) is 0 Å². The first-order valence-corrected chi connectivity index (χ1v) is 5.15. The van der Waals surface area contributed by atoms with E-state index >= 15 is 0 Å². The summed E-state index contributed by atoms with van der Waals surface area (Å²) in [5, 5.41) is 2.98. The predicted molar refractivity (Wildman–Crippen MR) is 54.8 cm³/mol. The van der Waals surface area contributed by atoms with E-state index in [9.17, 15) is 4.79 Å². The molecule has 2 bridgehead atoms. The molecule has 72 valence electrons. The van der Waals surface area contributed by atoms with Crippen molar-refractivity contribution in [3.8, 4) is 0 Å². The van der Waals surface area contributed by atoms with E-state index in [1.54, 1.807) is 0 Å². The Hall–Kier alpha value is -1.31. The summed E-state index contributed by atoms with van der Waals surface area (Å²) in [6, 6.07) is 9.71. The van der Waals surface area contributed by atoms with Crippen LogP contribution in [0.2, 0.25) is 0 Å². The summed E-state index contributed by atoms with van der Waals surface area (Å²) in [7, 11) is 0. The quantitative estimate of drug-likeness (QED) is 0.757. The highest BCUT2D eigenvalue weighted by Gasteiger charge is 2.61. The van der Waals surface area contributed by atoms with Crippen LogP contribution in [0.5, 0.6) is 0 Å². The fraction of sp³-hybridized carbons (Fsp3) is 0.417. The molecule has 1 N–H and O–H groups in total. The zero-order valence-electron chi connectivity index (χ0n) is 7.99. The number of carbonyl (C=O) groups excluding carboxylic acids is 1. The van der Waals surface area contributed by atoms with Crippen molar-refractivity contribution in [1.82, 2.24) is 0 Å². The molecule has 2 nitrogen and oxygen atoms in total. The van der Waals surface area contributed by atoms with Gasteiger partial charge in [0.15, 0.2) is 0 Å². The molecule has 3 aliphatic carbocycles. The van der Waals surface area contributed by atoms with Gasteiger partial charge in [-0.05, 0) is 37.3 Å². The molecule has 2 heteroatoms. The molecular formula is C12H13NO.